The second kappa shape index (κ2) is 2.83. The number of ether oxygens (including phenoxy) is 1. The van der Waals surface area contributed by atoms with Crippen LogP contribution in [0.3, 0.4) is 0 Å². The van der Waals surface area contributed by atoms with E-state index < -0.39 is 6.10 Å². The van der Waals surface area contributed by atoms with E-state index in [2.05, 4.69) is 13.8 Å². The Labute approximate surface area is 90.2 Å². The van der Waals surface area contributed by atoms with Gasteiger partial charge in [-0.3, -0.25) is 9.59 Å². The van der Waals surface area contributed by atoms with Crippen molar-refractivity contribution < 1.29 is 14.3 Å². The molecule has 0 unspecified atom stereocenters. The second-order valence-corrected chi connectivity index (χ2v) is 5.59. The lowest BCUT2D eigenvalue weighted by Gasteiger charge is -2.31. The van der Waals surface area contributed by atoms with E-state index in [0.29, 0.717) is 0 Å². The number of carbonyl (C=O) groups excluding carboxylic acids is 2. The summed E-state index contributed by atoms with van der Waals surface area (Å²) in [5.41, 5.74) is -0.331. The number of ketones is 1. The topological polar surface area (TPSA) is 43.4 Å². The Kier molecular flexibility index (Phi) is 2.01. The van der Waals surface area contributed by atoms with Crippen LogP contribution in [0.5, 0.6) is 0 Å². The van der Waals surface area contributed by atoms with E-state index in [1.54, 1.807) is 0 Å². The number of hydrogen-bond donors (Lipinski definition) is 0. The summed E-state index contributed by atoms with van der Waals surface area (Å²) in [7, 11) is 0. The molecular formula is C12H18O3. The fourth-order valence-electron chi connectivity index (χ4n) is 3.32. The molecule has 0 aromatic carbocycles. The fraction of sp³-hybridized carbons (Fsp3) is 0.833. The van der Waals surface area contributed by atoms with Crippen LogP contribution in [-0.4, -0.2) is 17.9 Å². The van der Waals surface area contributed by atoms with Gasteiger partial charge >= 0.3 is 5.97 Å². The van der Waals surface area contributed by atoms with Crippen LogP contribution < -0.4 is 0 Å². The first-order chi connectivity index (χ1) is 6.80. The molecule has 0 heterocycles. The molecular weight excluding hydrogens is 192 g/mol. The maximum absolute atomic E-state index is 12.2. The highest BCUT2D eigenvalue weighted by molar-refractivity contribution is 5.94. The summed E-state index contributed by atoms with van der Waals surface area (Å²) < 4.78 is 5.17. The van der Waals surface area contributed by atoms with Crippen molar-refractivity contribution in [3.8, 4) is 0 Å². The SMILES string of the molecule is CC(=O)O[C@@H]1C(=O)[C@]2(C)CC[C@H]1C2(C)C. The first-order valence-corrected chi connectivity index (χ1v) is 5.52. The van der Waals surface area contributed by atoms with Gasteiger partial charge < -0.3 is 4.74 Å². The van der Waals surface area contributed by atoms with Crippen molar-refractivity contribution in [1.29, 1.82) is 0 Å². The highest BCUT2D eigenvalue weighted by atomic mass is 16.5. The lowest BCUT2D eigenvalue weighted by Crippen LogP contribution is -2.36. The molecule has 0 N–H and O–H groups in total. The summed E-state index contributed by atoms with van der Waals surface area (Å²) in [5, 5.41) is 0. The van der Waals surface area contributed by atoms with Crippen molar-refractivity contribution in [2.45, 2.75) is 46.6 Å². The summed E-state index contributed by atoms with van der Waals surface area (Å²) in [5.74, 6) is -0.0156. The summed E-state index contributed by atoms with van der Waals surface area (Å²) in [6.07, 6.45) is 1.44. The van der Waals surface area contributed by atoms with Crippen molar-refractivity contribution in [1.82, 2.24) is 0 Å². The van der Waals surface area contributed by atoms with Gasteiger partial charge in [-0.1, -0.05) is 20.8 Å². The number of hydrogen-bond acceptors (Lipinski definition) is 3. The van der Waals surface area contributed by atoms with Crippen LogP contribution in [0, 0.1) is 16.7 Å². The zero-order chi connectivity index (χ0) is 11.4. The van der Waals surface area contributed by atoms with Crippen LogP contribution in [0.4, 0.5) is 0 Å². The molecule has 2 bridgehead atoms. The number of rotatable bonds is 1. The molecule has 0 aliphatic heterocycles. The Morgan fingerprint density at radius 3 is 2.40 bits per heavy atom. The third-order valence-corrected chi connectivity index (χ3v) is 4.77. The minimum absolute atomic E-state index is 0.0375. The van der Waals surface area contributed by atoms with Gasteiger partial charge in [0.2, 0.25) is 0 Å². The number of esters is 1. The fourth-order valence-corrected chi connectivity index (χ4v) is 3.32. The molecule has 2 saturated carbocycles. The molecule has 0 saturated heterocycles. The van der Waals surface area contributed by atoms with E-state index in [-0.39, 0.29) is 28.5 Å². The Hall–Kier alpha value is -0.860. The Morgan fingerprint density at radius 1 is 1.40 bits per heavy atom. The average molecular weight is 210 g/mol. The van der Waals surface area contributed by atoms with Gasteiger partial charge in [0.1, 0.15) is 0 Å². The molecule has 0 amide bonds. The summed E-state index contributed by atoms with van der Waals surface area (Å²) in [6.45, 7) is 7.62. The van der Waals surface area contributed by atoms with E-state index in [4.69, 9.17) is 4.74 Å². The maximum atomic E-state index is 12.2. The number of fused-ring (bicyclic) bond motifs is 2. The lowest BCUT2D eigenvalue weighted by molar-refractivity contribution is -0.156. The summed E-state index contributed by atoms with van der Waals surface area (Å²) >= 11 is 0. The summed E-state index contributed by atoms with van der Waals surface area (Å²) in [4.78, 5) is 23.1. The Bertz CT molecular complexity index is 332. The van der Waals surface area contributed by atoms with Gasteiger partial charge in [-0.15, -0.1) is 0 Å². The largest absolute Gasteiger partial charge is 0.454 e. The van der Waals surface area contributed by atoms with E-state index in [9.17, 15) is 9.59 Å². The third-order valence-electron chi connectivity index (χ3n) is 4.77. The molecule has 2 aliphatic carbocycles. The van der Waals surface area contributed by atoms with Gasteiger partial charge in [0.15, 0.2) is 11.9 Å². The monoisotopic (exact) mass is 210 g/mol. The minimum atomic E-state index is -0.490. The molecule has 2 fully saturated rings. The average Bonchev–Trinajstić information content (AvgIpc) is 2.40. The number of Topliss-reactive ketones (excluding diaryl/α,β-unsaturated/α-hetero) is 1. The van der Waals surface area contributed by atoms with Crippen molar-refractivity contribution in [2.75, 3.05) is 0 Å². The van der Waals surface area contributed by atoms with Gasteiger partial charge in [-0.05, 0) is 18.3 Å². The van der Waals surface area contributed by atoms with Crippen LogP contribution in [0.1, 0.15) is 40.5 Å². The first kappa shape index (κ1) is 10.7. The molecule has 3 atom stereocenters. The highest BCUT2D eigenvalue weighted by Crippen LogP contribution is 2.64. The van der Waals surface area contributed by atoms with Crippen LogP contribution in [0.25, 0.3) is 0 Å². The first-order valence-electron chi connectivity index (χ1n) is 5.52. The summed E-state index contributed by atoms with van der Waals surface area (Å²) in [6, 6.07) is 0. The molecule has 0 radical (unpaired) electrons. The molecule has 0 spiro atoms. The second-order valence-electron chi connectivity index (χ2n) is 5.59. The van der Waals surface area contributed by atoms with Crippen LogP contribution in [0.2, 0.25) is 0 Å². The predicted octanol–water partition coefficient (Wildman–Crippen LogP) is 1.94. The molecule has 2 aliphatic rings. The van der Waals surface area contributed by atoms with E-state index in [1.165, 1.54) is 6.92 Å². The maximum Gasteiger partial charge on any atom is 0.303 e. The minimum Gasteiger partial charge on any atom is -0.454 e. The standard InChI is InChI=1S/C12H18O3/c1-7(13)15-9-8-5-6-12(4,10(9)14)11(8,2)3/h8-9H,5-6H2,1-4H3/t8-,9+,12+/m1/s1. The molecule has 15 heavy (non-hydrogen) atoms. The molecule has 0 aromatic heterocycles. The Balaban J connectivity index is 2.34. The normalized spacial score (nSPS) is 42.0. The molecule has 3 nitrogen and oxygen atoms in total. The third kappa shape index (κ3) is 1.12. The van der Waals surface area contributed by atoms with Crippen molar-refractivity contribution in [3.05, 3.63) is 0 Å². The van der Waals surface area contributed by atoms with Crippen LogP contribution in [0.15, 0.2) is 0 Å². The molecule has 0 aromatic rings. The zero-order valence-electron chi connectivity index (χ0n) is 9.79. The molecule has 2 rings (SSSR count). The van der Waals surface area contributed by atoms with Crippen LogP contribution in [-0.2, 0) is 14.3 Å². The van der Waals surface area contributed by atoms with E-state index >= 15 is 0 Å². The molecule has 3 heteroatoms. The van der Waals surface area contributed by atoms with Gasteiger partial charge in [-0.25, -0.2) is 0 Å². The van der Waals surface area contributed by atoms with Gasteiger partial charge in [0, 0.05) is 18.3 Å². The quantitative estimate of drug-likeness (QED) is 0.621. The van der Waals surface area contributed by atoms with Gasteiger partial charge in [0.25, 0.3) is 0 Å². The van der Waals surface area contributed by atoms with E-state index in [0.717, 1.165) is 12.8 Å². The van der Waals surface area contributed by atoms with Crippen molar-refractivity contribution >= 4 is 11.8 Å². The smallest absolute Gasteiger partial charge is 0.303 e. The predicted molar refractivity (Wildman–Crippen MR) is 55.2 cm³/mol. The van der Waals surface area contributed by atoms with Crippen molar-refractivity contribution in [3.63, 3.8) is 0 Å². The lowest BCUT2D eigenvalue weighted by atomic mass is 9.70. The zero-order valence-corrected chi connectivity index (χ0v) is 9.79. The number of carbonyl (C=O) groups is 2. The van der Waals surface area contributed by atoms with Crippen molar-refractivity contribution in [2.24, 2.45) is 16.7 Å². The highest BCUT2D eigenvalue weighted by Gasteiger charge is 2.67. The Morgan fingerprint density at radius 2 is 2.00 bits per heavy atom. The molecule has 84 valence electrons. The van der Waals surface area contributed by atoms with E-state index in [1.807, 2.05) is 6.92 Å². The van der Waals surface area contributed by atoms with Gasteiger partial charge in [0.05, 0.1) is 0 Å². The van der Waals surface area contributed by atoms with Gasteiger partial charge in [-0.2, -0.15) is 0 Å². The van der Waals surface area contributed by atoms with Crippen LogP contribution >= 0.6 is 0 Å².